The van der Waals surface area contributed by atoms with E-state index in [9.17, 15) is 27.6 Å². The number of carbonyl (C=O) groups excluding carboxylic acids is 3. The molecule has 0 spiro atoms. The van der Waals surface area contributed by atoms with Gasteiger partial charge < -0.3 is 19.3 Å². The van der Waals surface area contributed by atoms with Crippen LogP contribution in [0.5, 0.6) is 5.75 Å². The van der Waals surface area contributed by atoms with E-state index in [-0.39, 0.29) is 23.8 Å². The third-order valence-corrected chi connectivity index (χ3v) is 5.83. The van der Waals surface area contributed by atoms with Crippen LogP contribution in [0, 0.1) is 0 Å². The van der Waals surface area contributed by atoms with Crippen molar-refractivity contribution in [3.63, 3.8) is 0 Å². The second kappa shape index (κ2) is 9.17. The molecule has 0 unspecified atom stereocenters. The van der Waals surface area contributed by atoms with Crippen molar-refractivity contribution in [2.45, 2.75) is 32.3 Å². The second-order valence-corrected chi connectivity index (χ2v) is 8.56. The van der Waals surface area contributed by atoms with Gasteiger partial charge in [-0.1, -0.05) is 0 Å². The van der Waals surface area contributed by atoms with Crippen molar-refractivity contribution in [2.75, 3.05) is 31.2 Å². The van der Waals surface area contributed by atoms with Crippen LogP contribution in [0.25, 0.3) is 0 Å². The number of morpholine rings is 1. The molecule has 12 heteroatoms. The Balaban J connectivity index is 1.53. The summed E-state index contributed by atoms with van der Waals surface area (Å²) < 4.78 is 46.4. The number of hydrogen-bond acceptors (Lipinski definition) is 6. The van der Waals surface area contributed by atoms with Crippen LogP contribution in [0.1, 0.15) is 29.9 Å². The highest BCUT2D eigenvalue weighted by molar-refractivity contribution is 6.22. The largest absolute Gasteiger partial charge is 0.573 e. The number of imide groups is 1. The van der Waals surface area contributed by atoms with E-state index in [1.165, 1.54) is 23.2 Å². The standard InChI is InChI=1S/C23H23F3N4O5/c1-22(2)20(32)30(16-3-5-17(6-4-16)35-23(24,25)26)21(33)29(22)14-15-7-8-27-18(13-15)19(31)28-9-11-34-12-10-28/h3-8,13H,9-12,14H2,1-2H3. The number of rotatable bonds is 5. The first-order chi connectivity index (χ1) is 16.5. The van der Waals surface area contributed by atoms with E-state index in [4.69, 9.17) is 4.74 Å². The summed E-state index contributed by atoms with van der Waals surface area (Å²) >= 11 is 0. The number of hydrogen-bond donors (Lipinski definition) is 0. The molecule has 2 aliphatic rings. The molecule has 0 radical (unpaired) electrons. The SMILES string of the molecule is CC1(C)C(=O)N(c2ccc(OC(F)(F)F)cc2)C(=O)N1Cc1ccnc(C(=O)N2CCOCC2)c1. The van der Waals surface area contributed by atoms with Crippen molar-refractivity contribution in [3.05, 3.63) is 53.9 Å². The molecule has 35 heavy (non-hydrogen) atoms. The van der Waals surface area contributed by atoms with Crippen molar-refractivity contribution < 1.29 is 37.0 Å². The summed E-state index contributed by atoms with van der Waals surface area (Å²) in [5.41, 5.74) is -0.308. The lowest BCUT2D eigenvalue weighted by molar-refractivity contribution is -0.274. The molecule has 2 aliphatic heterocycles. The van der Waals surface area contributed by atoms with Gasteiger partial charge in [0.15, 0.2) is 0 Å². The molecule has 4 amide bonds. The van der Waals surface area contributed by atoms with Gasteiger partial charge in [-0.15, -0.1) is 13.2 Å². The molecule has 4 rings (SSSR count). The number of carbonyl (C=O) groups is 3. The number of anilines is 1. The van der Waals surface area contributed by atoms with E-state index in [2.05, 4.69) is 9.72 Å². The van der Waals surface area contributed by atoms with E-state index in [1.54, 1.807) is 30.9 Å². The highest BCUT2D eigenvalue weighted by atomic mass is 19.4. The average Bonchev–Trinajstić information content (AvgIpc) is 2.98. The van der Waals surface area contributed by atoms with Crippen molar-refractivity contribution in [1.82, 2.24) is 14.8 Å². The van der Waals surface area contributed by atoms with Crippen LogP contribution in [0.3, 0.4) is 0 Å². The number of amides is 4. The number of urea groups is 1. The first-order valence-electron chi connectivity index (χ1n) is 10.8. The minimum absolute atomic E-state index is 0.0231. The third-order valence-electron chi connectivity index (χ3n) is 5.83. The lowest BCUT2D eigenvalue weighted by Gasteiger charge is -2.28. The Morgan fingerprint density at radius 1 is 1.11 bits per heavy atom. The van der Waals surface area contributed by atoms with Crippen LogP contribution in [-0.4, -0.2) is 70.8 Å². The summed E-state index contributed by atoms with van der Waals surface area (Å²) in [7, 11) is 0. The Bertz CT molecular complexity index is 1130. The first kappa shape index (κ1) is 24.5. The summed E-state index contributed by atoms with van der Waals surface area (Å²) in [4.78, 5) is 47.1. The number of ether oxygens (including phenoxy) is 2. The molecule has 1 aromatic carbocycles. The molecule has 2 saturated heterocycles. The molecule has 0 atom stereocenters. The smallest absolute Gasteiger partial charge is 0.406 e. The van der Waals surface area contributed by atoms with Crippen LogP contribution in [0.2, 0.25) is 0 Å². The van der Waals surface area contributed by atoms with E-state index in [0.29, 0.717) is 31.9 Å². The Hall–Kier alpha value is -3.67. The molecule has 0 aliphatic carbocycles. The lowest BCUT2D eigenvalue weighted by Crippen LogP contribution is -2.43. The Kier molecular flexibility index (Phi) is 6.41. The van der Waals surface area contributed by atoms with E-state index in [1.807, 2.05) is 0 Å². The zero-order valence-electron chi connectivity index (χ0n) is 19.0. The first-order valence-corrected chi connectivity index (χ1v) is 10.8. The van der Waals surface area contributed by atoms with Crippen molar-refractivity contribution in [1.29, 1.82) is 0 Å². The number of nitrogens with zero attached hydrogens (tertiary/aromatic N) is 4. The molecule has 9 nitrogen and oxygen atoms in total. The maximum absolute atomic E-state index is 13.2. The van der Waals surface area contributed by atoms with Gasteiger partial charge in [0, 0.05) is 25.8 Å². The van der Waals surface area contributed by atoms with Gasteiger partial charge in [-0.2, -0.15) is 0 Å². The summed E-state index contributed by atoms with van der Waals surface area (Å²) in [5, 5.41) is 0. The van der Waals surface area contributed by atoms with Crippen LogP contribution in [-0.2, 0) is 16.1 Å². The van der Waals surface area contributed by atoms with Crippen molar-refractivity contribution >= 4 is 23.5 Å². The summed E-state index contributed by atoms with van der Waals surface area (Å²) in [6, 6.07) is 7.08. The Labute approximate surface area is 199 Å². The van der Waals surface area contributed by atoms with Gasteiger partial charge in [0.2, 0.25) is 0 Å². The zero-order chi connectivity index (χ0) is 25.4. The van der Waals surface area contributed by atoms with Gasteiger partial charge in [0.1, 0.15) is 17.0 Å². The molecule has 0 saturated carbocycles. The van der Waals surface area contributed by atoms with Gasteiger partial charge in [0.25, 0.3) is 11.8 Å². The van der Waals surface area contributed by atoms with Gasteiger partial charge in [0.05, 0.1) is 18.9 Å². The van der Waals surface area contributed by atoms with Crippen molar-refractivity contribution in [2.24, 2.45) is 0 Å². The normalized spacial score (nSPS) is 18.3. The fourth-order valence-electron chi connectivity index (χ4n) is 3.93. The molecule has 0 N–H and O–H groups in total. The molecular weight excluding hydrogens is 469 g/mol. The molecule has 3 heterocycles. The van der Waals surface area contributed by atoms with E-state index in [0.717, 1.165) is 17.0 Å². The predicted molar refractivity (Wildman–Crippen MR) is 117 cm³/mol. The molecule has 0 bridgehead atoms. The van der Waals surface area contributed by atoms with Crippen LogP contribution >= 0.6 is 0 Å². The van der Waals surface area contributed by atoms with Gasteiger partial charge in [-0.05, 0) is 55.8 Å². The quantitative estimate of drug-likeness (QED) is 0.596. The summed E-state index contributed by atoms with van der Waals surface area (Å²) in [5.74, 6) is -1.25. The highest BCUT2D eigenvalue weighted by Gasteiger charge is 2.51. The predicted octanol–water partition coefficient (Wildman–Crippen LogP) is 3.20. The number of benzene rings is 1. The maximum Gasteiger partial charge on any atom is 0.573 e. The average molecular weight is 492 g/mol. The fourth-order valence-corrected chi connectivity index (χ4v) is 3.93. The number of halogens is 3. The summed E-state index contributed by atoms with van der Waals surface area (Å²) in [6.45, 7) is 4.99. The molecular formula is C23H23F3N4O5. The maximum atomic E-state index is 13.2. The van der Waals surface area contributed by atoms with Gasteiger partial charge in [-0.3, -0.25) is 14.6 Å². The molecule has 2 fully saturated rings. The van der Waals surface area contributed by atoms with Crippen LogP contribution < -0.4 is 9.64 Å². The molecule has 186 valence electrons. The molecule has 2 aromatic rings. The number of aromatic nitrogens is 1. The van der Waals surface area contributed by atoms with Crippen molar-refractivity contribution in [3.8, 4) is 5.75 Å². The number of alkyl halides is 3. The zero-order valence-corrected chi connectivity index (χ0v) is 19.0. The highest BCUT2D eigenvalue weighted by Crippen LogP contribution is 2.34. The van der Waals surface area contributed by atoms with Gasteiger partial charge in [-0.25, -0.2) is 9.69 Å². The monoisotopic (exact) mass is 492 g/mol. The minimum atomic E-state index is -4.86. The lowest BCUT2D eigenvalue weighted by atomic mass is 10.0. The number of pyridine rings is 1. The van der Waals surface area contributed by atoms with Crippen LogP contribution in [0.15, 0.2) is 42.6 Å². The topological polar surface area (TPSA) is 92.3 Å². The second-order valence-electron chi connectivity index (χ2n) is 8.56. The third kappa shape index (κ3) is 5.06. The molecule has 1 aromatic heterocycles. The fraction of sp³-hybridized carbons (Fsp3) is 0.391. The van der Waals surface area contributed by atoms with Gasteiger partial charge >= 0.3 is 12.4 Å². The Morgan fingerprint density at radius 3 is 2.40 bits per heavy atom. The minimum Gasteiger partial charge on any atom is -0.406 e. The van der Waals surface area contributed by atoms with Crippen LogP contribution in [0.4, 0.5) is 23.7 Å². The van der Waals surface area contributed by atoms with E-state index >= 15 is 0 Å². The summed E-state index contributed by atoms with van der Waals surface area (Å²) in [6.07, 6.45) is -3.39. The van der Waals surface area contributed by atoms with E-state index < -0.39 is 29.6 Å². The Morgan fingerprint density at radius 2 is 1.77 bits per heavy atom.